The second kappa shape index (κ2) is 6.93. The minimum Gasteiger partial charge on any atom is -0.207 e. The third kappa shape index (κ3) is 3.86. The summed E-state index contributed by atoms with van der Waals surface area (Å²) in [6.45, 7) is 1.89. The van der Waals surface area contributed by atoms with E-state index in [0.29, 0.717) is 17.0 Å². The minimum absolute atomic E-state index is 0.132. The maximum Gasteiger partial charge on any atom is 0.241 e. The van der Waals surface area contributed by atoms with Crippen molar-refractivity contribution in [3.05, 3.63) is 64.7 Å². The highest BCUT2D eigenvalue weighted by Gasteiger charge is 2.20. The summed E-state index contributed by atoms with van der Waals surface area (Å²) in [5.41, 5.74) is 1.35. The maximum atomic E-state index is 12.4. The maximum absolute atomic E-state index is 12.4. The van der Waals surface area contributed by atoms with Crippen LogP contribution in [0, 0.1) is 11.3 Å². The lowest BCUT2D eigenvalue weighted by atomic mass is 10.0. The number of nitrogens with zero attached hydrogens (tertiary/aromatic N) is 1. The molecule has 0 aliphatic rings. The molecule has 0 aliphatic carbocycles. The molecule has 0 fully saturated rings. The van der Waals surface area contributed by atoms with Crippen molar-refractivity contribution in [2.24, 2.45) is 0 Å². The number of halogens is 1. The molecule has 0 saturated carbocycles. The summed E-state index contributed by atoms with van der Waals surface area (Å²) in [5, 5.41) is 9.18. The van der Waals surface area contributed by atoms with E-state index in [1.807, 2.05) is 13.0 Å². The molecule has 6 heteroatoms. The van der Waals surface area contributed by atoms with Crippen molar-refractivity contribution in [3.63, 3.8) is 0 Å². The van der Waals surface area contributed by atoms with Crippen molar-refractivity contribution in [1.82, 2.24) is 4.72 Å². The van der Waals surface area contributed by atoms with Gasteiger partial charge in [0, 0.05) is 11.1 Å². The fourth-order valence-corrected chi connectivity index (χ4v) is 3.67. The minimum atomic E-state index is -3.66. The molecule has 2 aromatic rings. The Labute approximate surface area is 135 Å². The summed E-state index contributed by atoms with van der Waals surface area (Å²) < 4.78 is 27.5. The van der Waals surface area contributed by atoms with Gasteiger partial charge in [0.1, 0.15) is 0 Å². The van der Waals surface area contributed by atoms with E-state index in [2.05, 4.69) is 4.72 Å². The molecular weight excluding hydrogens is 320 g/mol. The summed E-state index contributed by atoms with van der Waals surface area (Å²) in [7, 11) is -3.66. The third-order valence-corrected chi connectivity index (χ3v) is 4.96. The fraction of sp³-hybridized carbons (Fsp3) is 0.188. The summed E-state index contributed by atoms with van der Waals surface area (Å²) >= 11 is 5.85. The second-order valence-electron chi connectivity index (χ2n) is 4.77. The van der Waals surface area contributed by atoms with E-state index >= 15 is 0 Å². The van der Waals surface area contributed by atoms with E-state index in [1.54, 1.807) is 36.4 Å². The van der Waals surface area contributed by atoms with Gasteiger partial charge in [0.2, 0.25) is 10.0 Å². The number of hydrogen-bond acceptors (Lipinski definition) is 3. The number of hydrogen-bond donors (Lipinski definition) is 1. The van der Waals surface area contributed by atoms with Gasteiger partial charge in [-0.25, -0.2) is 13.1 Å². The van der Waals surface area contributed by atoms with Crippen molar-refractivity contribution in [1.29, 1.82) is 5.26 Å². The van der Waals surface area contributed by atoms with Crippen LogP contribution in [-0.2, 0) is 10.0 Å². The number of benzene rings is 2. The van der Waals surface area contributed by atoms with Gasteiger partial charge in [-0.15, -0.1) is 0 Å². The van der Waals surface area contributed by atoms with Gasteiger partial charge in [0.25, 0.3) is 0 Å². The largest absolute Gasteiger partial charge is 0.241 e. The van der Waals surface area contributed by atoms with Gasteiger partial charge in [-0.1, -0.05) is 36.7 Å². The van der Waals surface area contributed by atoms with E-state index in [1.165, 1.54) is 12.1 Å². The molecule has 0 spiro atoms. The first kappa shape index (κ1) is 16.5. The van der Waals surface area contributed by atoms with Crippen LogP contribution in [0.2, 0.25) is 5.02 Å². The van der Waals surface area contributed by atoms with Crippen molar-refractivity contribution in [2.75, 3.05) is 0 Å². The molecule has 2 aromatic carbocycles. The predicted molar refractivity (Wildman–Crippen MR) is 86.0 cm³/mol. The Morgan fingerprint density at radius 2 is 1.91 bits per heavy atom. The Morgan fingerprint density at radius 3 is 2.45 bits per heavy atom. The van der Waals surface area contributed by atoms with Gasteiger partial charge in [0.15, 0.2) is 0 Å². The Morgan fingerprint density at radius 1 is 1.23 bits per heavy atom. The normalized spacial score (nSPS) is 12.6. The van der Waals surface area contributed by atoms with Crippen LogP contribution in [0.3, 0.4) is 0 Å². The molecule has 4 nitrogen and oxygen atoms in total. The monoisotopic (exact) mass is 334 g/mol. The van der Waals surface area contributed by atoms with Crippen LogP contribution in [-0.4, -0.2) is 8.42 Å². The first-order chi connectivity index (χ1) is 10.5. The molecule has 1 N–H and O–H groups in total. The molecular formula is C16H15ClN2O2S. The van der Waals surface area contributed by atoms with Crippen LogP contribution in [0.25, 0.3) is 0 Å². The van der Waals surface area contributed by atoms with Gasteiger partial charge in [0.05, 0.1) is 16.5 Å². The van der Waals surface area contributed by atoms with Crippen molar-refractivity contribution in [3.8, 4) is 6.07 Å². The van der Waals surface area contributed by atoms with E-state index in [9.17, 15) is 8.42 Å². The zero-order chi connectivity index (χ0) is 16.2. The smallest absolute Gasteiger partial charge is 0.207 e. The zero-order valence-electron chi connectivity index (χ0n) is 12.0. The van der Waals surface area contributed by atoms with E-state index in [-0.39, 0.29) is 10.9 Å². The highest BCUT2D eigenvalue weighted by atomic mass is 35.5. The van der Waals surface area contributed by atoms with Crippen LogP contribution >= 0.6 is 11.6 Å². The molecule has 0 bridgehead atoms. The molecule has 0 saturated heterocycles. The molecule has 0 aliphatic heterocycles. The Hall–Kier alpha value is -1.87. The number of nitrogens with one attached hydrogen (secondary N) is 1. The molecule has 114 valence electrons. The second-order valence-corrected chi connectivity index (χ2v) is 6.92. The first-order valence-corrected chi connectivity index (χ1v) is 8.60. The van der Waals surface area contributed by atoms with E-state index in [4.69, 9.17) is 16.9 Å². The molecule has 1 atom stereocenters. The van der Waals surface area contributed by atoms with Gasteiger partial charge in [-0.2, -0.15) is 5.26 Å². The average molecular weight is 335 g/mol. The summed E-state index contributed by atoms with van der Waals surface area (Å²) in [6.07, 6.45) is 0.589. The van der Waals surface area contributed by atoms with E-state index < -0.39 is 10.0 Å². The highest BCUT2D eigenvalue weighted by Crippen LogP contribution is 2.22. The van der Waals surface area contributed by atoms with Crippen molar-refractivity contribution in [2.45, 2.75) is 24.3 Å². The molecule has 2 rings (SSSR count). The molecule has 0 aromatic heterocycles. The Kier molecular flexibility index (Phi) is 5.19. The third-order valence-electron chi connectivity index (χ3n) is 3.25. The Bertz CT molecular complexity index is 796. The average Bonchev–Trinajstić information content (AvgIpc) is 2.53. The van der Waals surface area contributed by atoms with Gasteiger partial charge >= 0.3 is 0 Å². The molecule has 0 heterocycles. The topological polar surface area (TPSA) is 70.0 Å². The van der Waals surface area contributed by atoms with Crippen LogP contribution in [0.1, 0.15) is 30.5 Å². The lowest BCUT2D eigenvalue weighted by Crippen LogP contribution is -2.28. The fourth-order valence-electron chi connectivity index (χ4n) is 2.07. The molecule has 1 unspecified atom stereocenters. The van der Waals surface area contributed by atoms with Crippen molar-refractivity contribution >= 4 is 21.6 Å². The predicted octanol–water partition coefficient (Wildman–Crippen LogP) is 3.64. The first-order valence-electron chi connectivity index (χ1n) is 6.74. The van der Waals surface area contributed by atoms with Gasteiger partial charge < -0.3 is 0 Å². The highest BCUT2D eigenvalue weighted by molar-refractivity contribution is 7.89. The van der Waals surface area contributed by atoms with Crippen LogP contribution in [0.4, 0.5) is 0 Å². The SMILES string of the molecule is CCC(NS(=O)(=O)c1cccc(Cl)c1)c1ccc(C#N)cc1. The molecule has 0 radical (unpaired) electrons. The summed E-state index contributed by atoms with van der Waals surface area (Å²) in [4.78, 5) is 0.132. The van der Waals surface area contributed by atoms with Gasteiger partial charge in [-0.3, -0.25) is 0 Å². The van der Waals surface area contributed by atoms with Crippen LogP contribution in [0.15, 0.2) is 53.4 Å². The summed E-state index contributed by atoms with van der Waals surface area (Å²) in [6, 6.07) is 14.7. The number of nitriles is 1. The lowest BCUT2D eigenvalue weighted by Gasteiger charge is -2.17. The molecule has 0 amide bonds. The molecule has 22 heavy (non-hydrogen) atoms. The standard InChI is InChI=1S/C16H15ClN2O2S/c1-2-16(13-8-6-12(11-18)7-9-13)19-22(20,21)15-5-3-4-14(17)10-15/h3-10,16,19H,2H2,1H3. The Balaban J connectivity index is 2.27. The number of sulfonamides is 1. The van der Waals surface area contributed by atoms with Crippen LogP contribution < -0.4 is 4.72 Å². The number of rotatable bonds is 5. The van der Waals surface area contributed by atoms with Gasteiger partial charge in [-0.05, 0) is 42.3 Å². The van der Waals surface area contributed by atoms with E-state index in [0.717, 1.165) is 5.56 Å². The summed E-state index contributed by atoms with van der Waals surface area (Å²) in [5.74, 6) is 0. The quantitative estimate of drug-likeness (QED) is 0.907. The van der Waals surface area contributed by atoms with Crippen LogP contribution in [0.5, 0.6) is 0 Å². The lowest BCUT2D eigenvalue weighted by molar-refractivity contribution is 0.550. The van der Waals surface area contributed by atoms with Crippen molar-refractivity contribution < 1.29 is 8.42 Å². The zero-order valence-corrected chi connectivity index (χ0v) is 13.5.